The maximum Gasteiger partial charge on any atom is 0.0713 e. The molecular formula is C46H32. The molecule has 0 amide bonds. The van der Waals surface area contributed by atoms with E-state index in [0.717, 1.165) is 6.42 Å². The highest BCUT2D eigenvalue weighted by Crippen LogP contribution is 2.56. The maximum absolute atomic E-state index is 2.51. The highest BCUT2D eigenvalue weighted by molar-refractivity contribution is 5.89. The van der Waals surface area contributed by atoms with Gasteiger partial charge in [0.15, 0.2) is 0 Å². The fraction of sp³-hybridized carbons (Fsp3) is 0.0435. The summed E-state index contributed by atoms with van der Waals surface area (Å²) >= 11 is 0. The largest absolute Gasteiger partial charge is 0.0713 e. The van der Waals surface area contributed by atoms with Gasteiger partial charge >= 0.3 is 0 Å². The fourth-order valence-corrected chi connectivity index (χ4v) is 8.12. The molecule has 46 heavy (non-hydrogen) atoms. The molecule has 2 aliphatic carbocycles. The third-order valence-corrected chi connectivity index (χ3v) is 10.0. The fourth-order valence-electron chi connectivity index (χ4n) is 8.12. The smallest absolute Gasteiger partial charge is 0.0622 e. The molecule has 0 aliphatic heterocycles. The van der Waals surface area contributed by atoms with Crippen molar-refractivity contribution >= 4 is 11.1 Å². The second-order valence-corrected chi connectivity index (χ2v) is 12.4. The zero-order valence-corrected chi connectivity index (χ0v) is 25.5. The molecule has 0 heteroatoms. The van der Waals surface area contributed by atoms with Gasteiger partial charge in [-0.25, -0.2) is 0 Å². The van der Waals surface area contributed by atoms with Crippen molar-refractivity contribution in [3.8, 4) is 11.1 Å². The summed E-state index contributed by atoms with van der Waals surface area (Å²) in [6.07, 6.45) is 0.860. The highest BCUT2D eigenvalue weighted by atomic mass is 14.5. The van der Waals surface area contributed by atoms with Crippen molar-refractivity contribution in [2.75, 3.05) is 0 Å². The SMILES string of the molecule is c1ccc(C2=c3ccccc3=C(c3ccc4c(c3)C(c3ccccc3)(c3ccccc3)c3ccccc3-4)Cc3ccccc32)cc1. The summed E-state index contributed by atoms with van der Waals surface area (Å²) in [7, 11) is 0. The topological polar surface area (TPSA) is 0 Å². The van der Waals surface area contributed by atoms with Gasteiger partial charge in [0, 0.05) is 0 Å². The van der Waals surface area contributed by atoms with Gasteiger partial charge in [0.2, 0.25) is 0 Å². The third-order valence-electron chi connectivity index (χ3n) is 10.0. The average Bonchev–Trinajstić information content (AvgIpc) is 3.34. The zero-order chi connectivity index (χ0) is 30.5. The number of benzene rings is 7. The van der Waals surface area contributed by atoms with Gasteiger partial charge in [0.05, 0.1) is 5.41 Å². The summed E-state index contributed by atoms with van der Waals surface area (Å²) < 4.78 is 0. The summed E-state index contributed by atoms with van der Waals surface area (Å²) in [6.45, 7) is 0. The van der Waals surface area contributed by atoms with Crippen LogP contribution in [0.25, 0.3) is 22.3 Å². The van der Waals surface area contributed by atoms with Crippen molar-refractivity contribution in [2.24, 2.45) is 0 Å². The third kappa shape index (κ3) is 3.93. The molecule has 0 bridgehead atoms. The molecule has 0 radical (unpaired) electrons. The minimum Gasteiger partial charge on any atom is -0.0622 e. The van der Waals surface area contributed by atoms with Gasteiger partial charge in [-0.1, -0.05) is 176 Å². The van der Waals surface area contributed by atoms with Crippen molar-refractivity contribution in [2.45, 2.75) is 11.8 Å². The minimum absolute atomic E-state index is 0.422. The summed E-state index contributed by atoms with van der Waals surface area (Å²) in [6, 6.07) is 67.3. The molecule has 0 fully saturated rings. The second-order valence-electron chi connectivity index (χ2n) is 12.4. The molecule has 0 unspecified atom stereocenters. The van der Waals surface area contributed by atoms with Crippen molar-refractivity contribution in [1.82, 2.24) is 0 Å². The van der Waals surface area contributed by atoms with Gasteiger partial charge < -0.3 is 0 Å². The quantitative estimate of drug-likeness (QED) is 0.194. The minimum atomic E-state index is -0.422. The Morgan fingerprint density at radius 2 is 0.913 bits per heavy atom. The lowest BCUT2D eigenvalue weighted by Gasteiger charge is -2.34. The Kier molecular flexibility index (Phi) is 6.21. The monoisotopic (exact) mass is 584 g/mol. The molecule has 0 atom stereocenters. The maximum atomic E-state index is 2.51. The number of hydrogen-bond donors (Lipinski definition) is 0. The van der Waals surface area contributed by atoms with Crippen molar-refractivity contribution in [3.05, 3.63) is 237 Å². The number of fused-ring (bicyclic) bond motifs is 5. The van der Waals surface area contributed by atoms with Crippen LogP contribution in [-0.2, 0) is 11.8 Å². The van der Waals surface area contributed by atoms with E-state index in [-0.39, 0.29) is 0 Å². The van der Waals surface area contributed by atoms with E-state index in [9.17, 15) is 0 Å². The van der Waals surface area contributed by atoms with Crippen LogP contribution in [0.5, 0.6) is 0 Å². The first-order valence-corrected chi connectivity index (χ1v) is 16.2. The number of hydrogen-bond acceptors (Lipinski definition) is 0. The van der Waals surface area contributed by atoms with E-state index in [0.29, 0.717) is 0 Å². The standard InChI is InChI=1S/C46H32/c1-4-16-32(17-5-1)45-37-23-11-10-18-33(37)30-42(38-24-12-13-26-41(38)45)34-28-29-40-39-25-14-15-27-43(39)46(44(40)31-34,35-19-6-2-7-20-35)36-21-8-3-9-22-36/h1-29,31H,30H2. The summed E-state index contributed by atoms with van der Waals surface area (Å²) in [5, 5.41) is 2.59. The molecule has 0 saturated heterocycles. The van der Waals surface area contributed by atoms with E-state index in [1.54, 1.807) is 0 Å². The van der Waals surface area contributed by atoms with E-state index >= 15 is 0 Å². The van der Waals surface area contributed by atoms with Crippen LogP contribution in [0.4, 0.5) is 0 Å². The Balaban J connectivity index is 1.39. The first-order chi connectivity index (χ1) is 22.8. The van der Waals surface area contributed by atoms with Crippen LogP contribution in [0.1, 0.15) is 44.5 Å². The second kappa shape index (κ2) is 10.7. The Morgan fingerprint density at radius 1 is 0.370 bits per heavy atom. The van der Waals surface area contributed by atoms with Crippen LogP contribution in [0.2, 0.25) is 0 Å². The molecule has 0 N–H and O–H groups in total. The van der Waals surface area contributed by atoms with E-state index in [2.05, 4.69) is 182 Å². The molecule has 7 aromatic rings. The van der Waals surface area contributed by atoms with Crippen LogP contribution in [-0.4, -0.2) is 0 Å². The van der Waals surface area contributed by atoms with Gasteiger partial charge in [0.1, 0.15) is 0 Å². The Hall–Kier alpha value is -5.72. The average molecular weight is 585 g/mol. The van der Waals surface area contributed by atoms with E-state index in [4.69, 9.17) is 0 Å². The molecule has 0 heterocycles. The van der Waals surface area contributed by atoms with E-state index < -0.39 is 5.41 Å². The van der Waals surface area contributed by atoms with Crippen LogP contribution in [0.3, 0.4) is 0 Å². The highest BCUT2D eigenvalue weighted by Gasteiger charge is 2.46. The lowest BCUT2D eigenvalue weighted by atomic mass is 9.67. The van der Waals surface area contributed by atoms with Gasteiger partial charge in [0.25, 0.3) is 0 Å². The summed E-state index contributed by atoms with van der Waals surface area (Å²) in [4.78, 5) is 0. The Labute approximate surface area is 270 Å². The van der Waals surface area contributed by atoms with E-state index in [1.807, 2.05) is 0 Å². The van der Waals surface area contributed by atoms with Crippen LogP contribution in [0.15, 0.2) is 182 Å². The lowest BCUT2D eigenvalue weighted by Crippen LogP contribution is -2.30. The molecule has 7 aromatic carbocycles. The lowest BCUT2D eigenvalue weighted by molar-refractivity contribution is 0.768. The molecule has 0 aromatic heterocycles. The Bertz CT molecular complexity index is 2320. The number of rotatable bonds is 4. The zero-order valence-electron chi connectivity index (χ0n) is 25.5. The Morgan fingerprint density at radius 3 is 1.63 bits per heavy atom. The van der Waals surface area contributed by atoms with Crippen molar-refractivity contribution in [1.29, 1.82) is 0 Å². The molecule has 9 rings (SSSR count). The van der Waals surface area contributed by atoms with Crippen LogP contribution < -0.4 is 10.4 Å². The summed E-state index contributed by atoms with van der Waals surface area (Å²) in [5.41, 5.74) is 15.3. The normalized spacial score (nSPS) is 14.1. The predicted octanol–water partition coefficient (Wildman–Crippen LogP) is 9.05. The summed E-state index contributed by atoms with van der Waals surface area (Å²) in [5.74, 6) is 0. The molecule has 0 nitrogen and oxygen atoms in total. The van der Waals surface area contributed by atoms with Crippen molar-refractivity contribution in [3.63, 3.8) is 0 Å². The van der Waals surface area contributed by atoms with Gasteiger partial charge in [-0.15, -0.1) is 0 Å². The van der Waals surface area contributed by atoms with E-state index in [1.165, 1.54) is 77.2 Å². The van der Waals surface area contributed by atoms with Gasteiger partial charge in [-0.2, -0.15) is 0 Å². The molecular weight excluding hydrogens is 553 g/mol. The molecule has 216 valence electrons. The molecule has 2 aliphatic rings. The molecule has 0 spiro atoms. The van der Waals surface area contributed by atoms with Gasteiger partial charge in [-0.05, 0) is 89.7 Å². The van der Waals surface area contributed by atoms with Crippen LogP contribution in [0, 0.1) is 0 Å². The first-order valence-electron chi connectivity index (χ1n) is 16.2. The first kappa shape index (κ1) is 26.7. The van der Waals surface area contributed by atoms with Crippen LogP contribution >= 0.6 is 0 Å². The molecule has 0 saturated carbocycles. The predicted molar refractivity (Wildman–Crippen MR) is 190 cm³/mol. The van der Waals surface area contributed by atoms with Crippen molar-refractivity contribution < 1.29 is 0 Å². The van der Waals surface area contributed by atoms with Gasteiger partial charge in [-0.3, -0.25) is 0 Å².